The Morgan fingerprint density at radius 2 is 1.89 bits per heavy atom. The first kappa shape index (κ1) is 19.8. The Balaban J connectivity index is 1.74. The first-order valence-corrected chi connectivity index (χ1v) is 9.23. The molecular formula is C20H17BrFN3O3. The van der Waals surface area contributed by atoms with E-state index < -0.39 is 17.5 Å². The molecule has 0 saturated carbocycles. The van der Waals surface area contributed by atoms with Crippen molar-refractivity contribution in [1.82, 2.24) is 9.78 Å². The topological polar surface area (TPSA) is 73.2 Å². The average molecular weight is 446 g/mol. The number of halogens is 2. The fraction of sp³-hybridized carbons (Fsp3) is 0.150. The Labute approximate surface area is 169 Å². The predicted octanol–water partition coefficient (Wildman–Crippen LogP) is 3.85. The number of hydrogen-bond donors (Lipinski definition) is 1. The highest BCUT2D eigenvalue weighted by molar-refractivity contribution is 9.10. The van der Waals surface area contributed by atoms with Gasteiger partial charge in [-0.05, 0) is 61.9 Å². The van der Waals surface area contributed by atoms with Crippen LogP contribution >= 0.6 is 15.9 Å². The minimum absolute atomic E-state index is 0.0959. The van der Waals surface area contributed by atoms with Crippen molar-refractivity contribution in [2.75, 3.05) is 5.32 Å². The number of nitrogens with zero attached hydrogens (tertiary/aromatic N) is 2. The van der Waals surface area contributed by atoms with Crippen molar-refractivity contribution < 1.29 is 13.9 Å². The fourth-order valence-electron chi connectivity index (χ4n) is 2.43. The molecule has 0 saturated heterocycles. The van der Waals surface area contributed by atoms with Crippen LogP contribution in [0.3, 0.4) is 0 Å². The van der Waals surface area contributed by atoms with Crippen molar-refractivity contribution in [3.8, 4) is 11.6 Å². The maximum Gasteiger partial charge on any atom is 0.271 e. The summed E-state index contributed by atoms with van der Waals surface area (Å²) in [5, 5.41) is 6.87. The van der Waals surface area contributed by atoms with Crippen LogP contribution in [0.25, 0.3) is 5.69 Å². The van der Waals surface area contributed by atoms with E-state index in [0.717, 1.165) is 14.7 Å². The highest BCUT2D eigenvalue weighted by Crippen LogP contribution is 2.20. The van der Waals surface area contributed by atoms with Crippen LogP contribution in [0.5, 0.6) is 5.88 Å². The maximum absolute atomic E-state index is 13.1. The number of hydrogen-bond acceptors (Lipinski definition) is 4. The van der Waals surface area contributed by atoms with Gasteiger partial charge in [0.25, 0.3) is 11.5 Å². The van der Waals surface area contributed by atoms with Crippen LogP contribution in [-0.4, -0.2) is 21.8 Å². The molecule has 3 aromatic rings. The van der Waals surface area contributed by atoms with Gasteiger partial charge in [0.2, 0.25) is 5.88 Å². The molecule has 0 aliphatic carbocycles. The molecule has 1 amide bonds. The van der Waals surface area contributed by atoms with E-state index in [-0.39, 0.29) is 11.8 Å². The van der Waals surface area contributed by atoms with E-state index >= 15 is 0 Å². The smallest absolute Gasteiger partial charge is 0.271 e. The fourth-order valence-corrected chi connectivity index (χ4v) is 2.67. The third-order valence-corrected chi connectivity index (χ3v) is 4.83. The Morgan fingerprint density at radius 1 is 1.18 bits per heavy atom. The van der Waals surface area contributed by atoms with Gasteiger partial charge < -0.3 is 10.1 Å². The van der Waals surface area contributed by atoms with Crippen LogP contribution in [0.1, 0.15) is 12.5 Å². The number of ether oxygens (including phenoxy) is 1. The van der Waals surface area contributed by atoms with E-state index in [1.807, 2.05) is 19.1 Å². The third-order valence-electron chi connectivity index (χ3n) is 3.94. The van der Waals surface area contributed by atoms with Crippen molar-refractivity contribution in [1.29, 1.82) is 0 Å². The van der Waals surface area contributed by atoms with Crippen molar-refractivity contribution in [3.63, 3.8) is 0 Å². The van der Waals surface area contributed by atoms with E-state index in [1.165, 1.54) is 36.4 Å². The molecule has 1 N–H and O–H groups in total. The lowest BCUT2D eigenvalue weighted by Gasteiger charge is -2.15. The van der Waals surface area contributed by atoms with E-state index in [9.17, 15) is 14.0 Å². The lowest BCUT2D eigenvalue weighted by Crippen LogP contribution is -2.31. The molecule has 0 aliphatic rings. The summed E-state index contributed by atoms with van der Waals surface area (Å²) in [6.45, 7) is 3.50. The van der Waals surface area contributed by atoms with Gasteiger partial charge in [0.15, 0.2) is 6.10 Å². The van der Waals surface area contributed by atoms with Crippen molar-refractivity contribution in [2.45, 2.75) is 20.0 Å². The molecule has 3 rings (SSSR count). The molecule has 6 nitrogen and oxygen atoms in total. The van der Waals surface area contributed by atoms with E-state index in [1.54, 1.807) is 13.0 Å². The second-order valence-electron chi connectivity index (χ2n) is 6.11. The third kappa shape index (κ3) is 4.64. The van der Waals surface area contributed by atoms with Crippen molar-refractivity contribution in [2.24, 2.45) is 0 Å². The SMILES string of the molecule is Cc1cc(NC(=O)[C@H](C)Oc2ccc(=O)n(-c3ccc(F)cc3)n2)ccc1Br. The summed E-state index contributed by atoms with van der Waals surface area (Å²) < 4.78 is 20.7. The summed E-state index contributed by atoms with van der Waals surface area (Å²) in [5.74, 6) is -0.681. The summed E-state index contributed by atoms with van der Waals surface area (Å²) >= 11 is 3.41. The number of benzene rings is 2. The quantitative estimate of drug-likeness (QED) is 0.647. The highest BCUT2D eigenvalue weighted by Gasteiger charge is 2.17. The molecule has 0 bridgehead atoms. The van der Waals surface area contributed by atoms with Gasteiger partial charge in [-0.2, -0.15) is 4.68 Å². The normalized spacial score (nSPS) is 11.7. The van der Waals surface area contributed by atoms with Crippen molar-refractivity contribution >= 4 is 27.5 Å². The number of amides is 1. The molecule has 0 aliphatic heterocycles. The first-order valence-electron chi connectivity index (χ1n) is 8.43. The van der Waals surface area contributed by atoms with E-state index in [0.29, 0.717) is 11.4 Å². The standard InChI is InChI=1S/C20H17BrFN3O3/c1-12-11-15(5-8-17(12)21)23-20(27)13(2)28-18-9-10-19(26)25(24-18)16-6-3-14(22)4-7-16/h3-11,13H,1-2H3,(H,23,27)/t13-/m0/s1. The van der Waals surface area contributed by atoms with Gasteiger partial charge in [-0.3, -0.25) is 9.59 Å². The minimum Gasteiger partial charge on any atom is -0.463 e. The minimum atomic E-state index is -0.851. The van der Waals surface area contributed by atoms with E-state index in [4.69, 9.17) is 4.74 Å². The van der Waals surface area contributed by atoms with Crippen LogP contribution < -0.4 is 15.6 Å². The molecule has 1 atom stereocenters. The Bertz CT molecular complexity index is 1070. The molecule has 0 spiro atoms. The number of carbonyl (C=O) groups is 1. The lowest BCUT2D eigenvalue weighted by molar-refractivity contribution is -0.122. The Morgan fingerprint density at radius 3 is 2.57 bits per heavy atom. The van der Waals surface area contributed by atoms with Crippen molar-refractivity contribution in [3.05, 3.63) is 80.8 Å². The molecular weight excluding hydrogens is 429 g/mol. The zero-order valence-corrected chi connectivity index (χ0v) is 16.7. The maximum atomic E-state index is 13.1. The molecule has 0 fully saturated rings. The van der Waals surface area contributed by atoms with Crippen LogP contribution in [0.4, 0.5) is 10.1 Å². The van der Waals surface area contributed by atoms with Crippen LogP contribution in [0.2, 0.25) is 0 Å². The summed E-state index contributed by atoms with van der Waals surface area (Å²) in [7, 11) is 0. The molecule has 8 heteroatoms. The summed E-state index contributed by atoms with van der Waals surface area (Å²) in [4.78, 5) is 24.4. The van der Waals surface area contributed by atoms with Gasteiger partial charge >= 0.3 is 0 Å². The highest BCUT2D eigenvalue weighted by atomic mass is 79.9. The number of nitrogens with one attached hydrogen (secondary N) is 1. The lowest BCUT2D eigenvalue weighted by atomic mass is 10.2. The van der Waals surface area contributed by atoms with E-state index in [2.05, 4.69) is 26.3 Å². The molecule has 0 unspecified atom stereocenters. The van der Waals surface area contributed by atoms with Gasteiger partial charge in [-0.1, -0.05) is 15.9 Å². The predicted molar refractivity (Wildman–Crippen MR) is 107 cm³/mol. The monoisotopic (exact) mass is 445 g/mol. The van der Waals surface area contributed by atoms with Crippen LogP contribution in [-0.2, 0) is 4.79 Å². The Hall–Kier alpha value is -3.00. The second-order valence-corrected chi connectivity index (χ2v) is 6.97. The molecule has 0 radical (unpaired) electrons. The molecule has 1 aromatic heterocycles. The van der Waals surface area contributed by atoms with Gasteiger partial charge in [-0.15, -0.1) is 5.10 Å². The number of rotatable bonds is 5. The van der Waals surface area contributed by atoms with Crippen LogP contribution in [0, 0.1) is 12.7 Å². The largest absolute Gasteiger partial charge is 0.463 e. The zero-order chi connectivity index (χ0) is 20.3. The second kappa shape index (κ2) is 8.35. The van der Waals surface area contributed by atoms with Gasteiger partial charge in [0, 0.05) is 22.3 Å². The molecule has 1 heterocycles. The van der Waals surface area contributed by atoms with Gasteiger partial charge in [0.1, 0.15) is 5.82 Å². The zero-order valence-electron chi connectivity index (χ0n) is 15.1. The molecule has 2 aromatic carbocycles. The first-order chi connectivity index (χ1) is 13.3. The van der Waals surface area contributed by atoms with Crippen LogP contribution in [0.15, 0.2) is 63.9 Å². The number of aromatic nitrogens is 2. The Kier molecular flexibility index (Phi) is 5.89. The van der Waals surface area contributed by atoms with Gasteiger partial charge in [0.05, 0.1) is 5.69 Å². The average Bonchev–Trinajstić information content (AvgIpc) is 2.67. The molecule has 144 valence electrons. The number of aryl methyl sites for hydroxylation is 1. The number of anilines is 1. The molecule has 28 heavy (non-hydrogen) atoms. The summed E-state index contributed by atoms with van der Waals surface area (Å²) in [5.41, 5.74) is 1.62. The van der Waals surface area contributed by atoms with Gasteiger partial charge in [-0.25, -0.2) is 4.39 Å². The summed E-state index contributed by atoms with van der Waals surface area (Å²) in [6.07, 6.45) is -0.851. The summed E-state index contributed by atoms with van der Waals surface area (Å²) in [6, 6.07) is 13.4. The number of carbonyl (C=O) groups excluding carboxylic acids is 1.